The Labute approximate surface area is 167 Å². The number of methoxy groups -OCH3 is 1. The molecule has 0 unspecified atom stereocenters. The van der Waals surface area contributed by atoms with Gasteiger partial charge in [-0.15, -0.1) is 0 Å². The van der Waals surface area contributed by atoms with Crippen LogP contribution in [0.5, 0.6) is 5.75 Å². The monoisotopic (exact) mass is 426 g/mol. The van der Waals surface area contributed by atoms with Crippen LogP contribution in [0, 0.1) is 0 Å². The van der Waals surface area contributed by atoms with E-state index in [4.69, 9.17) is 21.4 Å². The third-order valence-electron chi connectivity index (χ3n) is 3.74. The number of hydrogen-bond donors (Lipinski definition) is 2. The molecule has 0 aliphatic carbocycles. The van der Waals surface area contributed by atoms with Crippen molar-refractivity contribution in [1.82, 2.24) is 4.90 Å². The van der Waals surface area contributed by atoms with Crippen LogP contribution in [0.2, 0.25) is 5.02 Å². The first-order valence-corrected chi connectivity index (χ1v) is 9.84. The predicted octanol–water partition coefficient (Wildman–Crippen LogP) is 2.48. The molecule has 0 heterocycles. The van der Waals surface area contributed by atoms with Gasteiger partial charge in [0.05, 0.1) is 24.8 Å². The number of halogens is 1. The van der Waals surface area contributed by atoms with Crippen LogP contribution in [0.15, 0.2) is 41.3 Å². The second kappa shape index (κ2) is 8.49. The summed E-state index contributed by atoms with van der Waals surface area (Å²) in [6.07, 6.45) is -0.353. The van der Waals surface area contributed by atoms with Gasteiger partial charge in [-0.3, -0.25) is 14.3 Å². The van der Waals surface area contributed by atoms with Crippen LogP contribution < -0.4 is 9.46 Å². The van der Waals surface area contributed by atoms with Crippen LogP contribution >= 0.6 is 11.6 Å². The number of carboxylic acids is 1. The molecule has 0 aliphatic heterocycles. The number of carboxylic acid groups (broad SMARTS) is 1. The molecule has 0 bridgehead atoms. The Morgan fingerprint density at radius 2 is 1.86 bits per heavy atom. The normalized spacial score (nSPS) is 11.0. The van der Waals surface area contributed by atoms with E-state index in [-0.39, 0.29) is 38.9 Å². The van der Waals surface area contributed by atoms with Crippen molar-refractivity contribution in [2.45, 2.75) is 11.3 Å². The second-order valence-electron chi connectivity index (χ2n) is 6.05. The first-order chi connectivity index (χ1) is 13.0. The zero-order chi connectivity index (χ0) is 21.1. The summed E-state index contributed by atoms with van der Waals surface area (Å²) in [4.78, 5) is 24.3. The average Bonchev–Trinajstić information content (AvgIpc) is 2.60. The van der Waals surface area contributed by atoms with Crippen LogP contribution in [0.25, 0.3) is 0 Å². The quantitative estimate of drug-likeness (QED) is 0.703. The first-order valence-electron chi connectivity index (χ1n) is 7.98. The standard InChI is InChI=1S/C18H19ClN2O6S/c1-21(2)18(24)13-6-5-12(19)10-14(13)20-28(25,26)16-8-11(9-17(22)23)4-7-15(16)27-3/h4-8,10,20H,9H2,1-3H3,(H,22,23). The van der Waals surface area contributed by atoms with E-state index in [1.54, 1.807) is 0 Å². The Morgan fingerprint density at radius 3 is 2.43 bits per heavy atom. The van der Waals surface area contributed by atoms with E-state index in [0.29, 0.717) is 0 Å². The Bertz CT molecular complexity index is 1020. The molecule has 2 aromatic carbocycles. The largest absolute Gasteiger partial charge is 0.495 e. The van der Waals surface area contributed by atoms with Gasteiger partial charge < -0.3 is 14.7 Å². The topological polar surface area (TPSA) is 113 Å². The molecule has 28 heavy (non-hydrogen) atoms. The van der Waals surface area contributed by atoms with Gasteiger partial charge in [0.25, 0.3) is 15.9 Å². The molecule has 0 spiro atoms. The van der Waals surface area contributed by atoms with Crippen LogP contribution in [-0.4, -0.2) is 51.5 Å². The highest BCUT2D eigenvalue weighted by Gasteiger charge is 2.24. The number of hydrogen-bond acceptors (Lipinski definition) is 5. The van der Waals surface area contributed by atoms with E-state index >= 15 is 0 Å². The van der Waals surface area contributed by atoms with Gasteiger partial charge >= 0.3 is 5.97 Å². The van der Waals surface area contributed by atoms with Crippen molar-refractivity contribution in [2.24, 2.45) is 0 Å². The van der Waals surface area contributed by atoms with E-state index in [2.05, 4.69) is 4.72 Å². The fourth-order valence-corrected chi connectivity index (χ4v) is 3.91. The molecule has 0 saturated heterocycles. The Morgan fingerprint density at radius 1 is 1.18 bits per heavy atom. The van der Waals surface area contributed by atoms with Gasteiger partial charge in [-0.05, 0) is 35.9 Å². The highest BCUT2D eigenvalue weighted by atomic mass is 35.5. The molecule has 8 nitrogen and oxygen atoms in total. The zero-order valence-corrected chi connectivity index (χ0v) is 17.0. The molecule has 0 radical (unpaired) electrons. The number of benzene rings is 2. The highest BCUT2D eigenvalue weighted by molar-refractivity contribution is 7.92. The number of aliphatic carboxylic acids is 1. The van der Waals surface area contributed by atoms with Crippen LogP contribution in [0.1, 0.15) is 15.9 Å². The molecular weight excluding hydrogens is 408 g/mol. The maximum atomic E-state index is 13.0. The summed E-state index contributed by atoms with van der Waals surface area (Å²) >= 11 is 5.97. The molecule has 2 rings (SSSR count). The summed E-state index contributed by atoms with van der Waals surface area (Å²) in [5.41, 5.74) is 0.389. The second-order valence-corrected chi connectivity index (χ2v) is 8.14. The Hall–Kier alpha value is -2.78. The van der Waals surface area contributed by atoms with Crippen molar-refractivity contribution in [3.8, 4) is 5.75 Å². The third-order valence-corrected chi connectivity index (χ3v) is 5.36. The van der Waals surface area contributed by atoms with E-state index in [1.807, 2.05) is 0 Å². The Balaban J connectivity index is 2.54. The minimum atomic E-state index is -4.21. The van der Waals surface area contributed by atoms with Crippen molar-refractivity contribution < 1.29 is 27.9 Å². The number of amides is 1. The molecule has 0 fully saturated rings. The van der Waals surface area contributed by atoms with Crippen LogP contribution in [0.3, 0.4) is 0 Å². The van der Waals surface area contributed by atoms with Crippen molar-refractivity contribution >= 4 is 39.2 Å². The maximum absolute atomic E-state index is 13.0. The highest BCUT2D eigenvalue weighted by Crippen LogP contribution is 2.30. The summed E-state index contributed by atoms with van der Waals surface area (Å²) in [6, 6.07) is 8.27. The lowest BCUT2D eigenvalue weighted by atomic mass is 10.1. The Kier molecular flexibility index (Phi) is 6.52. The molecule has 0 atom stereocenters. The molecule has 0 saturated carbocycles. The molecular formula is C18H19ClN2O6S. The molecule has 0 aromatic heterocycles. The number of carbonyl (C=O) groups excluding carboxylic acids is 1. The number of sulfonamides is 1. The van der Waals surface area contributed by atoms with Crippen molar-refractivity contribution in [3.63, 3.8) is 0 Å². The molecule has 1 amide bonds. The lowest BCUT2D eigenvalue weighted by molar-refractivity contribution is -0.136. The summed E-state index contributed by atoms with van der Waals surface area (Å²) in [5.74, 6) is -1.49. The summed E-state index contributed by atoms with van der Waals surface area (Å²) in [5, 5.41) is 9.18. The van der Waals surface area contributed by atoms with Gasteiger partial charge in [-0.25, -0.2) is 8.42 Å². The molecule has 2 N–H and O–H groups in total. The number of ether oxygens (including phenoxy) is 1. The van der Waals surface area contributed by atoms with E-state index in [1.165, 1.54) is 62.5 Å². The SMILES string of the molecule is COc1ccc(CC(=O)O)cc1S(=O)(=O)Nc1cc(Cl)ccc1C(=O)N(C)C. The minimum absolute atomic E-state index is 0.00288. The van der Waals surface area contributed by atoms with Gasteiger partial charge in [0.1, 0.15) is 10.6 Å². The fraction of sp³-hybridized carbons (Fsp3) is 0.222. The molecule has 150 valence electrons. The van der Waals surface area contributed by atoms with E-state index < -0.39 is 21.9 Å². The summed E-state index contributed by atoms with van der Waals surface area (Å²) in [7, 11) is 0.158. The number of nitrogens with zero attached hydrogens (tertiary/aromatic N) is 1. The lowest BCUT2D eigenvalue weighted by Gasteiger charge is -2.17. The van der Waals surface area contributed by atoms with E-state index in [9.17, 15) is 18.0 Å². The van der Waals surface area contributed by atoms with Crippen LogP contribution in [-0.2, 0) is 21.2 Å². The fourth-order valence-electron chi connectivity index (χ4n) is 2.44. The first kappa shape index (κ1) is 21.5. The van der Waals surface area contributed by atoms with Crippen molar-refractivity contribution in [1.29, 1.82) is 0 Å². The van der Waals surface area contributed by atoms with Gasteiger partial charge in [-0.1, -0.05) is 17.7 Å². The number of anilines is 1. The number of nitrogens with one attached hydrogen (secondary N) is 1. The van der Waals surface area contributed by atoms with Crippen molar-refractivity contribution in [3.05, 3.63) is 52.5 Å². The smallest absolute Gasteiger partial charge is 0.307 e. The molecule has 2 aromatic rings. The number of rotatable bonds is 7. The van der Waals surface area contributed by atoms with Gasteiger partial charge in [0.15, 0.2) is 0 Å². The van der Waals surface area contributed by atoms with Crippen LogP contribution in [0.4, 0.5) is 5.69 Å². The van der Waals surface area contributed by atoms with Gasteiger partial charge in [0, 0.05) is 19.1 Å². The summed E-state index contributed by atoms with van der Waals surface area (Å²) < 4.78 is 33.4. The average molecular weight is 427 g/mol. The minimum Gasteiger partial charge on any atom is -0.495 e. The number of carbonyl (C=O) groups is 2. The maximum Gasteiger partial charge on any atom is 0.307 e. The van der Waals surface area contributed by atoms with Crippen molar-refractivity contribution in [2.75, 3.05) is 25.9 Å². The van der Waals surface area contributed by atoms with Gasteiger partial charge in [0.2, 0.25) is 0 Å². The molecule has 10 heteroatoms. The van der Waals surface area contributed by atoms with E-state index in [0.717, 1.165) is 0 Å². The summed E-state index contributed by atoms with van der Waals surface area (Å²) in [6.45, 7) is 0. The predicted molar refractivity (Wildman–Crippen MR) is 105 cm³/mol. The third kappa shape index (κ3) is 4.93. The molecule has 0 aliphatic rings. The van der Waals surface area contributed by atoms with Gasteiger partial charge in [-0.2, -0.15) is 0 Å². The zero-order valence-electron chi connectivity index (χ0n) is 15.4. The lowest BCUT2D eigenvalue weighted by Crippen LogP contribution is -2.24.